The number of amides is 1. The van der Waals surface area contributed by atoms with Gasteiger partial charge in [-0.1, -0.05) is 0 Å². The van der Waals surface area contributed by atoms with Gasteiger partial charge >= 0.3 is 0 Å². The molecule has 1 amide bonds. The number of fused-ring (bicyclic) bond motifs is 1. The maximum absolute atomic E-state index is 12.6. The van der Waals surface area contributed by atoms with E-state index in [1.165, 1.54) is 6.42 Å². The molecule has 2 fully saturated rings. The Labute approximate surface area is 142 Å². The first-order valence-corrected chi connectivity index (χ1v) is 8.91. The van der Waals surface area contributed by atoms with Gasteiger partial charge in [0.25, 0.3) is 0 Å². The minimum Gasteiger partial charge on any atom is -0.393 e. The molecular formula is C17H25N5O2. The van der Waals surface area contributed by atoms with Crippen LogP contribution in [0, 0.1) is 0 Å². The quantitative estimate of drug-likeness (QED) is 0.863. The smallest absolute Gasteiger partial charge is 0.242 e. The van der Waals surface area contributed by atoms with Crippen LogP contribution in [0.25, 0.3) is 0 Å². The number of hydrogen-bond acceptors (Lipinski definition) is 6. The molecule has 0 atom stereocenters. The van der Waals surface area contributed by atoms with Gasteiger partial charge in [0.15, 0.2) is 0 Å². The lowest BCUT2D eigenvalue weighted by molar-refractivity contribution is -0.134. The van der Waals surface area contributed by atoms with Crippen molar-refractivity contribution < 1.29 is 9.90 Å². The van der Waals surface area contributed by atoms with Gasteiger partial charge in [-0.3, -0.25) is 4.79 Å². The molecule has 0 bridgehead atoms. The number of likely N-dealkylation sites (N-methyl/N-ethyl adjacent to an activating group) is 1. The average molecular weight is 331 g/mol. The highest BCUT2D eigenvalue weighted by Crippen LogP contribution is 2.34. The molecule has 2 aliphatic heterocycles. The average Bonchev–Trinajstić information content (AvgIpc) is 2.64. The molecule has 0 radical (unpaired) electrons. The summed E-state index contributed by atoms with van der Waals surface area (Å²) in [5, 5.41) is 9.77. The number of anilines is 2. The van der Waals surface area contributed by atoms with E-state index in [1.54, 1.807) is 6.33 Å². The maximum atomic E-state index is 12.6. The molecule has 130 valence electrons. The zero-order chi connectivity index (χ0) is 16.7. The van der Waals surface area contributed by atoms with Gasteiger partial charge in [-0.15, -0.1) is 0 Å². The van der Waals surface area contributed by atoms with Gasteiger partial charge in [0.2, 0.25) is 5.91 Å². The molecule has 1 aromatic heterocycles. The van der Waals surface area contributed by atoms with E-state index < -0.39 is 0 Å². The second-order valence-electron chi connectivity index (χ2n) is 7.18. The Morgan fingerprint density at radius 1 is 1.08 bits per heavy atom. The largest absolute Gasteiger partial charge is 0.393 e. The van der Waals surface area contributed by atoms with Gasteiger partial charge < -0.3 is 19.8 Å². The summed E-state index contributed by atoms with van der Waals surface area (Å²) in [6, 6.07) is 0.369. The van der Waals surface area contributed by atoms with Gasteiger partial charge in [-0.25, -0.2) is 9.97 Å². The van der Waals surface area contributed by atoms with Crippen molar-refractivity contribution in [1.29, 1.82) is 0 Å². The normalized spacial score (nSPS) is 23.1. The summed E-state index contributed by atoms with van der Waals surface area (Å²) < 4.78 is 0. The van der Waals surface area contributed by atoms with Crippen LogP contribution in [0.15, 0.2) is 6.33 Å². The van der Waals surface area contributed by atoms with Crippen LogP contribution in [0.1, 0.15) is 37.7 Å². The monoisotopic (exact) mass is 331 g/mol. The number of aromatic nitrogens is 2. The standard InChI is InChI=1S/C17H25N5O2/c1-20-10-15(24)22(12-3-2-4-12)9-14-16(20)18-11-19-17(14)21-7-5-13(23)6-8-21/h11-13,23H,2-10H2,1H3. The Bertz CT molecular complexity index is 625. The molecule has 1 aliphatic carbocycles. The zero-order valence-corrected chi connectivity index (χ0v) is 14.2. The number of aliphatic hydroxyl groups excluding tert-OH is 1. The lowest BCUT2D eigenvalue weighted by Crippen LogP contribution is -2.45. The van der Waals surface area contributed by atoms with Gasteiger partial charge in [0, 0.05) is 26.2 Å². The molecule has 0 spiro atoms. The Hall–Kier alpha value is -1.89. The minimum atomic E-state index is -0.211. The lowest BCUT2D eigenvalue weighted by Gasteiger charge is -2.37. The predicted octanol–water partition coefficient (Wildman–Crippen LogP) is 0.769. The number of hydrogen-bond donors (Lipinski definition) is 1. The SMILES string of the molecule is CN1CC(=O)N(C2CCC2)Cc2c1ncnc2N1CCC(O)CC1. The van der Waals surface area contributed by atoms with Crippen molar-refractivity contribution in [2.24, 2.45) is 0 Å². The topological polar surface area (TPSA) is 72.8 Å². The van der Waals surface area contributed by atoms with Crippen LogP contribution in [0.4, 0.5) is 11.6 Å². The van der Waals surface area contributed by atoms with Gasteiger partial charge in [0.05, 0.1) is 24.8 Å². The van der Waals surface area contributed by atoms with E-state index in [0.29, 0.717) is 19.1 Å². The third-order valence-corrected chi connectivity index (χ3v) is 5.56. The Kier molecular flexibility index (Phi) is 4.04. The number of nitrogens with zero attached hydrogens (tertiary/aromatic N) is 5. The number of piperidine rings is 1. The van der Waals surface area contributed by atoms with E-state index in [9.17, 15) is 9.90 Å². The summed E-state index contributed by atoms with van der Waals surface area (Å²) in [6.07, 6.45) is 6.32. The molecule has 1 aromatic rings. The summed E-state index contributed by atoms with van der Waals surface area (Å²) in [5.41, 5.74) is 1.05. The van der Waals surface area contributed by atoms with E-state index in [1.807, 2.05) is 16.8 Å². The highest BCUT2D eigenvalue weighted by molar-refractivity contribution is 5.84. The highest BCUT2D eigenvalue weighted by Gasteiger charge is 2.35. The van der Waals surface area contributed by atoms with Crippen molar-refractivity contribution in [3.8, 4) is 0 Å². The van der Waals surface area contributed by atoms with Crippen LogP contribution < -0.4 is 9.80 Å². The minimum absolute atomic E-state index is 0.181. The van der Waals surface area contributed by atoms with E-state index in [2.05, 4.69) is 14.9 Å². The fourth-order valence-electron chi connectivity index (χ4n) is 3.87. The van der Waals surface area contributed by atoms with Crippen molar-refractivity contribution in [2.45, 2.75) is 50.8 Å². The van der Waals surface area contributed by atoms with Crippen molar-refractivity contribution in [3.05, 3.63) is 11.9 Å². The van der Waals surface area contributed by atoms with Gasteiger partial charge in [-0.05, 0) is 32.1 Å². The van der Waals surface area contributed by atoms with Crippen LogP contribution in [0.2, 0.25) is 0 Å². The van der Waals surface area contributed by atoms with Crippen LogP contribution in [0.5, 0.6) is 0 Å². The number of carbonyl (C=O) groups excluding carboxylic acids is 1. The molecule has 1 N–H and O–H groups in total. The van der Waals surface area contributed by atoms with Crippen molar-refractivity contribution in [3.63, 3.8) is 0 Å². The lowest BCUT2D eigenvalue weighted by atomic mass is 9.91. The molecule has 3 aliphatic rings. The molecule has 1 saturated heterocycles. The molecule has 0 unspecified atom stereocenters. The molecule has 1 saturated carbocycles. The summed E-state index contributed by atoms with van der Waals surface area (Å²) >= 11 is 0. The zero-order valence-electron chi connectivity index (χ0n) is 14.2. The summed E-state index contributed by atoms with van der Waals surface area (Å²) in [5.74, 6) is 1.97. The highest BCUT2D eigenvalue weighted by atomic mass is 16.3. The van der Waals surface area contributed by atoms with Crippen LogP contribution in [0.3, 0.4) is 0 Å². The van der Waals surface area contributed by atoms with Gasteiger partial charge in [0.1, 0.15) is 18.0 Å². The first-order chi connectivity index (χ1) is 11.6. The number of carbonyl (C=O) groups is 1. The first-order valence-electron chi connectivity index (χ1n) is 8.91. The second kappa shape index (κ2) is 6.20. The summed E-state index contributed by atoms with van der Waals surface area (Å²) in [4.78, 5) is 27.9. The predicted molar refractivity (Wildman–Crippen MR) is 90.9 cm³/mol. The molecule has 3 heterocycles. The molecule has 7 nitrogen and oxygen atoms in total. The Morgan fingerprint density at radius 3 is 2.46 bits per heavy atom. The number of rotatable bonds is 2. The van der Waals surface area contributed by atoms with Crippen LogP contribution in [-0.4, -0.2) is 64.7 Å². The van der Waals surface area contributed by atoms with E-state index >= 15 is 0 Å². The molecular weight excluding hydrogens is 306 g/mol. The third-order valence-electron chi connectivity index (χ3n) is 5.56. The second-order valence-corrected chi connectivity index (χ2v) is 7.18. The first kappa shape index (κ1) is 15.6. The third kappa shape index (κ3) is 2.70. The summed E-state index contributed by atoms with van der Waals surface area (Å²) in [7, 11) is 1.93. The molecule has 24 heavy (non-hydrogen) atoms. The Morgan fingerprint density at radius 2 is 1.79 bits per heavy atom. The number of aliphatic hydroxyl groups is 1. The fourth-order valence-corrected chi connectivity index (χ4v) is 3.87. The molecule has 7 heteroatoms. The van der Waals surface area contributed by atoms with Crippen molar-refractivity contribution >= 4 is 17.5 Å². The van der Waals surface area contributed by atoms with Gasteiger partial charge in [-0.2, -0.15) is 0 Å². The summed E-state index contributed by atoms with van der Waals surface area (Å²) in [6.45, 7) is 2.56. The van der Waals surface area contributed by atoms with Crippen LogP contribution >= 0.6 is 0 Å². The van der Waals surface area contributed by atoms with E-state index in [0.717, 1.165) is 56.0 Å². The van der Waals surface area contributed by atoms with Crippen molar-refractivity contribution in [2.75, 3.05) is 36.5 Å². The van der Waals surface area contributed by atoms with E-state index in [4.69, 9.17) is 0 Å². The molecule has 4 rings (SSSR count). The molecule has 0 aromatic carbocycles. The maximum Gasteiger partial charge on any atom is 0.242 e. The van der Waals surface area contributed by atoms with Crippen LogP contribution in [-0.2, 0) is 11.3 Å². The van der Waals surface area contributed by atoms with Crippen molar-refractivity contribution in [1.82, 2.24) is 14.9 Å². The Balaban J connectivity index is 1.68. The fraction of sp³-hybridized carbons (Fsp3) is 0.706. The van der Waals surface area contributed by atoms with E-state index in [-0.39, 0.29) is 12.0 Å².